The molecule has 1 saturated heterocycles. The number of aliphatic hydroxyl groups excluding tert-OH is 1. The molecule has 1 aromatic carbocycles. The number of carbonyl (C=O) groups is 1. The maximum Gasteiger partial charge on any atom is 0.237 e. The van der Waals surface area contributed by atoms with E-state index >= 15 is 0 Å². The lowest BCUT2D eigenvalue weighted by molar-refractivity contribution is -0.133. The average molecular weight is 294 g/mol. The SMILES string of the molecule is CCN(Cc1cccc(F)c1)C(=O)CN1CCC(O)CC1. The number of hydrogen-bond donors (Lipinski definition) is 1. The molecule has 1 heterocycles. The number of hydrogen-bond acceptors (Lipinski definition) is 3. The normalized spacial score (nSPS) is 16.9. The summed E-state index contributed by atoms with van der Waals surface area (Å²) in [6.07, 6.45) is 1.22. The number of piperidine rings is 1. The van der Waals surface area contributed by atoms with Gasteiger partial charge in [-0.25, -0.2) is 4.39 Å². The molecule has 0 atom stereocenters. The lowest BCUT2D eigenvalue weighted by Crippen LogP contribution is -2.44. The second-order valence-corrected chi connectivity index (χ2v) is 5.55. The van der Waals surface area contributed by atoms with Gasteiger partial charge in [0.2, 0.25) is 5.91 Å². The molecular formula is C16H23FN2O2. The third kappa shape index (κ3) is 4.79. The molecule has 1 amide bonds. The summed E-state index contributed by atoms with van der Waals surface area (Å²) in [5, 5.41) is 9.48. The van der Waals surface area contributed by atoms with E-state index in [4.69, 9.17) is 0 Å². The fourth-order valence-electron chi connectivity index (χ4n) is 2.60. The number of amides is 1. The van der Waals surface area contributed by atoms with Gasteiger partial charge >= 0.3 is 0 Å². The van der Waals surface area contributed by atoms with Crippen molar-refractivity contribution < 1.29 is 14.3 Å². The predicted octanol–water partition coefficient (Wildman–Crippen LogP) is 1.63. The van der Waals surface area contributed by atoms with Gasteiger partial charge in [-0.05, 0) is 37.5 Å². The van der Waals surface area contributed by atoms with Crippen molar-refractivity contribution in [3.63, 3.8) is 0 Å². The Morgan fingerprint density at radius 2 is 2.14 bits per heavy atom. The molecule has 0 unspecified atom stereocenters. The summed E-state index contributed by atoms with van der Waals surface area (Å²) in [5.74, 6) is -0.223. The first-order chi connectivity index (χ1) is 10.1. The Morgan fingerprint density at radius 1 is 1.43 bits per heavy atom. The first-order valence-electron chi connectivity index (χ1n) is 7.51. The minimum atomic E-state index is -0.277. The van der Waals surface area contributed by atoms with E-state index < -0.39 is 0 Å². The average Bonchev–Trinajstić information content (AvgIpc) is 2.47. The van der Waals surface area contributed by atoms with E-state index in [0.717, 1.165) is 31.5 Å². The van der Waals surface area contributed by atoms with Crippen LogP contribution >= 0.6 is 0 Å². The van der Waals surface area contributed by atoms with Crippen LogP contribution in [0.5, 0.6) is 0 Å². The highest BCUT2D eigenvalue weighted by Crippen LogP contribution is 2.11. The van der Waals surface area contributed by atoms with Crippen LogP contribution in [0.25, 0.3) is 0 Å². The summed E-state index contributed by atoms with van der Waals surface area (Å²) < 4.78 is 13.2. The third-order valence-electron chi connectivity index (χ3n) is 3.91. The van der Waals surface area contributed by atoms with Gasteiger partial charge in [-0.1, -0.05) is 12.1 Å². The molecule has 0 saturated carbocycles. The predicted molar refractivity (Wildman–Crippen MR) is 79.2 cm³/mol. The molecule has 116 valence electrons. The Morgan fingerprint density at radius 3 is 2.76 bits per heavy atom. The lowest BCUT2D eigenvalue weighted by atomic mass is 10.1. The van der Waals surface area contributed by atoms with Crippen LogP contribution in [0.15, 0.2) is 24.3 Å². The lowest BCUT2D eigenvalue weighted by Gasteiger charge is -2.31. The zero-order chi connectivity index (χ0) is 15.2. The topological polar surface area (TPSA) is 43.8 Å². The standard InChI is InChI=1S/C16H23FN2O2/c1-2-19(11-13-4-3-5-14(17)10-13)16(21)12-18-8-6-15(20)7-9-18/h3-5,10,15,20H,2,6-9,11-12H2,1H3. The molecule has 1 aromatic rings. The number of nitrogens with zero attached hydrogens (tertiary/aromatic N) is 2. The molecule has 1 aliphatic rings. The number of likely N-dealkylation sites (N-methyl/N-ethyl adjacent to an activating group) is 1. The van der Waals surface area contributed by atoms with Crippen molar-refractivity contribution in [2.24, 2.45) is 0 Å². The number of rotatable bonds is 5. The quantitative estimate of drug-likeness (QED) is 0.897. The van der Waals surface area contributed by atoms with Crippen molar-refractivity contribution in [2.45, 2.75) is 32.4 Å². The van der Waals surface area contributed by atoms with Gasteiger partial charge in [0.25, 0.3) is 0 Å². The highest BCUT2D eigenvalue weighted by molar-refractivity contribution is 5.78. The Balaban J connectivity index is 1.89. The van der Waals surface area contributed by atoms with E-state index in [2.05, 4.69) is 4.90 Å². The van der Waals surface area contributed by atoms with Crippen LogP contribution in [0.1, 0.15) is 25.3 Å². The van der Waals surface area contributed by atoms with Gasteiger partial charge < -0.3 is 10.0 Å². The molecule has 1 fully saturated rings. The van der Waals surface area contributed by atoms with Crippen LogP contribution < -0.4 is 0 Å². The van der Waals surface area contributed by atoms with Gasteiger partial charge in [-0.15, -0.1) is 0 Å². The summed E-state index contributed by atoms with van der Waals surface area (Å²) >= 11 is 0. The van der Waals surface area contributed by atoms with Crippen LogP contribution in [-0.2, 0) is 11.3 Å². The van der Waals surface area contributed by atoms with Crippen molar-refractivity contribution in [3.8, 4) is 0 Å². The molecular weight excluding hydrogens is 271 g/mol. The van der Waals surface area contributed by atoms with E-state index in [-0.39, 0.29) is 17.8 Å². The summed E-state index contributed by atoms with van der Waals surface area (Å²) in [6, 6.07) is 6.36. The Hall–Kier alpha value is -1.46. The molecule has 2 rings (SSSR count). The van der Waals surface area contributed by atoms with Crippen LogP contribution in [0.3, 0.4) is 0 Å². The van der Waals surface area contributed by atoms with Gasteiger partial charge in [0.05, 0.1) is 12.6 Å². The Kier molecular flexibility index (Phi) is 5.70. The maximum absolute atomic E-state index is 13.2. The highest BCUT2D eigenvalue weighted by Gasteiger charge is 2.21. The monoisotopic (exact) mass is 294 g/mol. The summed E-state index contributed by atoms with van der Waals surface area (Å²) in [7, 11) is 0. The molecule has 0 aliphatic carbocycles. The van der Waals surface area contributed by atoms with Gasteiger partial charge in [0.15, 0.2) is 0 Å². The smallest absolute Gasteiger partial charge is 0.237 e. The third-order valence-corrected chi connectivity index (χ3v) is 3.91. The number of likely N-dealkylation sites (tertiary alicyclic amines) is 1. The summed E-state index contributed by atoms with van der Waals surface area (Å²) in [6.45, 7) is 4.84. The van der Waals surface area contributed by atoms with Crippen molar-refractivity contribution in [2.75, 3.05) is 26.2 Å². The zero-order valence-corrected chi connectivity index (χ0v) is 12.5. The van der Waals surface area contributed by atoms with Crippen LogP contribution in [0.4, 0.5) is 4.39 Å². The summed E-state index contributed by atoms with van der Waals surface area (Å²) in [4.78, 5) is 16.1. The Bertz CT molecular complexity index is 473. The van der Waals surface area contributed by atoms with Crippen molar-refractivity contribution >= 4 is 5.91 Å². The van der Waals surface area contributed by atoms with Crippen molar-refractivity contribution in [3.05, 3.63) is 35.6 Å². The molecule has 0 spiro atoms. The van der Waals surface area contributed by atoms with Gasteiger partial charge in [0.1, 0.15) is 5.82 Å². The second kappa shape index (κ2) is 7.52. The molecule has 0 radical (unpaired) electrons. The molecule has 0 bridgehead atoms. The van der Waals surface area contributed by atoms with Crippen molar-refractivity contribution in [1.29, 1.82) is 0 Å². The van der Waals surface area contributed by atoms with E-state index in [1.165, 1.54) is 12.1 Å². The number of halogens is 1. The molecule has 21 heavy (non-hydrogen) atoms. The summed E-state index contributed by atoms with van der Waals surface area (Å²) in [5.41, 5.74) is 0.805. The van der Waals surface area contributed by atoms with E-state index in [0.29, 0.717) is 19.6 Å². The van der Waals surface area contributed by atoms with Gasteiger partial charge in [-0.2, -0.15) is 0 Å². The van der Waals surface area contributed by atoms with Gasteiger partial charge in [0, 0.05) is 26.2 Å². The molecule has 1 aliphatic heterocycles. The minimum absolute atomic E-state index is 0.0538. The molecule has 4 nitrogen and oxygen atoms in total. The maximum atomic E-state index is 13.2. The second-order valence-electron chi connectivity index (χ2n) is 5.55. The van der Waals surface area contributed by atoms with Crippen LogP contribution in [-0.4, -0.2) is 53.1 Å². The minimum Gasteiger partial charge on any atom is -0.393 e. The number of carbonyl (C=O) groups excluding carboxylic acids is 1. The van der Waals surface area contributed by atoms with E-state index in [1.54, 1.807) is 11.0 Å². The van der Waals surface area contributed by atoms with E-state index in [1.807, 2.05) is 13.0 Å². The van der Waals surface area contributed by atoms with Crippen LogP contribution in [0.2, 0.25) is 0 Å². The largest absolute Gasteiger partial charge is 0.393 e. The van der Waals surface area contributed by atoms with Crippen molar-refractivity contribution in [1.82, 2.24) is 9.80 Å². The molecule has 1 N–H and O–H groups in total. The highest BCUT2D eigenvalue weighted by atomic mass is 19.1. The zero-order valence-electron chi connectivity index (χ0n) is 12.5. The number of aliphatic hydroxyl groups is 1. The first kappa shape index (κ1) is 15.9. The fraction of sp³-hybridized carbons (Fsp3) is 0.562. The molecule has 5 heteroatoms. The molecule has 0 aromatic heterocycles. The fourth-order valence-corrected chi connectivity index (χ4v) is 2.60. The van der Waals surface area contributed by atoms with Gasteiger partial charge in [-0.3, -0.25) is 9.69 Å². The Labute approximate surface area is 125 Å². The first-order valence-corrected chi connectivity index (χ1v) is 7.51. The number of benzene rings is 1. The van der Waals surface area contributed by atoms with E-state index in [9.17, 15) is 14.3 Å². The van der Waals surface area contributed by atoms with Crippen LogP contribution in [0, 0.1) is 5.82 Å².